The van der Waals surface area contributed by atoms with Gasteiger partial charge in [0.2, 0.25) is 0 Å². The van der Waals surface area contributed by atoms with E-state index in [9.17, 15) is 4.39 Å². The Morgan fingerprint density at radius 2 is 1.82 bits per heavy atom. The Balaban J connectivity index is 2.42. The molecule has 1 aromatic rings. The highest BCUT2D eigenvalue weighted by Crippen LogP contribution is 2.31. The first-order valence-corrected chi connectivity index (χ1v) is 6.54. The van der Waals surface area contributed by atoms with Gasteiger partial charge in [0.15, 0.2) is 5.57 Å². The molecule has 1 heterocycles. The van der Waals surface area contributed by atoms with Gasteiger partial charge in [-0.25, -0.2) is 4.39 Å². The van der Waals surface area contributed by atoms with Crippen molar-refractivity contribution < 1.29 is 9.13 Å². The summed E-state index contributed by atoms with van der Waals surface area (Å²) in [4.78, 5) is 1.80. The molecule has 22 heavy (non-hydrogen) atoms. The molecule has 110 valence electrons. The molecule has 0 spiro atoms. The first-order valence-electron chi connectivity index (χ1n) is 6.54. The first-order chi connectivity index (χ1) is 10.7. The molecule has 0 radical (unpaired) electrons. The Bertz CT molecular complexity index is 701. The van der Waals surface area contributed by atoms with E-state index in [1.165, 1.54) is 12.1 Å². The molecule has 0 bridgehead atoms. The van der Waals surface area contributed by atoms with Crippen LogP contribution in [0.2, 0.25) is 0 Å². The number of hydrogen-bond donors (Lipinski definition) is 1. The van der Waals surface area contributed by atoms with Crippen LogP contribution in [0, 0.1) is 39.8 Å². The first kappa shape index (κ1) is 15.3. The normalized spacial score (nSPS) is 13.5. The molecule has 0 aromatic heterocycles. The van der Waals surface area contributed by atoms with Gasteiger partial charge in [0.25, 0.3) is 0 Å². The highest BCUT2D eigenvalue weighted by molar-refractivity contribution is 5.74. The Hall–Kier alpha value is -3.08. The summed E-state index contributed by atoms with van der Waals surface area (Å²) in [7, 11) is 0. The highest BCUT2D eigenvalue weighted by Gasteiger charge is 2.20. The second-order valence-corrected chi connectivity index (χ2v) is 4.45. The fourth-order valence-corrected chi connectivity index (χ4v) is 2.14. The van der Waals surface area contributed by atoms with Crippen molar-refractivity contribution in [1.82, 2.24) is 0 Å². The van der Waals surface area contributed by atoms with E-state index in [0.717, 1.165) is 0 Å². The van der Waals surface area contributed by atoms with E-state index in [2.05, 4.69) is 5.32 Å². The Morgan fingerprint density at radius 1 is 1.14 bits per heavy atom. The molecule has 0 aliphatic carbocycles. The SMILES string of the molecule is N#CC(C#N)=C(C#N)Nc1cccc(F)c1N1CCOCC1. The van der Waals surface area contributed by atoms with Gasteiger partial charge < -0.3 is 15.0 Å². The number of allylic oxidation sites excluding steroid dienone is 2. The van der Waals surface area contributed by atoms with E-state index in [1.54, 1.807) is 29.2 Å². The number of nitriles is 3. The summed E-state index contributed by atoms with van der Waals surface area (Å²) in [5.41, 5.74) is 0.0834. The average molecular weight is 297 g/mol. The zero-order valence-electron chi connectivity index (χ0n) is 11.6. The molecule has 1 aliphatic heterocycles. The van der Waals surface area contributed by atoms with Crippen molar-refractivity contribution in [3.63, 3.8) is 0 Å². The Morgan fingerprint density at radius 3 is 2.41 bits per heavy atom. The second kappa shape index (κ2) is 7.08. The van der Waals surface area contributed by atoms with E-state index in [4.69, 9.17) is 20.5 Å². The third-order valence-electron chi connectivity index (χ3n) is 3.16. The largest absolute Gasteiger partial charge is 0.378 e. The second-order valence-electron chi connectivity index (χ2n) is 4.45. The number of ether oxygens (including phenoxy) is 1. The quantitative estimate of drug-likeness (QED) is 0.856. The molecule has 1 saturated heterocycles. The van der Waals surface area contributed by atoms with Crippen LogP contribution in [-0.4, -0.2) is 26.3 Å². The molecule has 1 N–H and O–H groups in total. The minimum atomic E-state index is -0.445. The standard InChI is InChI=1S/C15H12FN5O/c16-12-2-1-3-13(15(12)21-4-6-22-7-5-21)20-14(10-19)11(8-17)9-18/h1-3,20H,4-7H2. The van der Waals surface area contributed by atoms with Gasteiger partial charge in [-0.15, -0.1) is 0 Å². The monoisotopic (exact) mass is 297 g/mol. The van der Waals surface area contributed by atoms with Crippen molar-refractivity contribution in [3.8, 4) is 18.2 Å². The van der Waals surface area contributed by atoms with Crippen LogP contribution >= 0.6 is 0 Å². The summed E-state index contributed by atoms with van der Waals surface area (Å²) in [5.74, 6) is -0.445. The van der Waals surface area contributed by atoms with E-state index < -0.39 is 5.82 Å². The number of halogens is 1. The smallest absolute Gasteiger partial charge is 0.163 e. The third kappa shape index (κ3) is 3.15. The van der Waals surface area contributed by atoms with Crippen molar-refractivity contribution in [2.24, 2.45) is 0 Å². The fraction of sp³-hybridized carbons (Fsp3) is 0.267. The molecule has 0 unspecified atom stereocenters. The maximum atomic E-state index is 14.2. The molecular formula is C15H12FN5O. The van der Waals surface area contributed by atoms with Gasteiger partial charge in [-0.1, -0.05) is 6.07 Å². The maximum Gasteiger partial charge on any atom is 0.163 e. The fourth-order valence-electron chi connectivity index (χ4n) is 2.14. The number of nitrogens with zero attached hydrogens (tertiary/aromatic N) is 4. The molecule has 1 aliphatic rings. The van der Waals surface area contributed by atoms with Crippen molar-refractivity contribution in [3.05, 3.63) is 35.3 Å². The van der Waals surface area contributed by atoms with Crippen LogP contribution < -0.4 is 10.2 Å². The summed E-state index contributed by atoms with van der Waals surface area (Å²) in [5, 5.41) is 29.5. The zero-order valence-corrected chi connectivity index (χ0v) is 11.6. The topological polar surface area (TPSA) is 95.9 Å². The van der Waals surface area contributed by atoms with Crippen molar-refractivity contribution in [1.29, 1.82) is 15.8 Å². The minimum Gasteiger partial charge on any atom is -0.378 e. The van der Waals surface area contributed by atoms with Crippen molar-refractivity contribution >= 4 is 11.4 Å². The van der Waals surface area contributed by atoms with E-state index in [1.807, 2.05) is 0 Å². The number of anilines is 2. The Kier molecular flexibility index (Phi) is 4.93. The molecular weight excluding hydrogens is 285 g/mol. The summed E-state index contributed by atoms with van der Waals surface area (Å²) < 4.78 is 19.4. The summed E-state index contributed by atoms with van der Waals surface area (Å²) >= 11 is 0. The van der Waals surface area contributed by atoms with Crippen LogP contribution in [0.3, 0.4) is 0 Å². The van der Waals surface area contributed by atoms with E-state index >= 15 is 0 Å². The number of nitrogens with one attached hydrogen (secondary N) is 1. The van der Waals surface area contributed by atoms with Gasteiger partial charge in [0.05, 0.1) is 24.6 Å². The average Bonchev–Trinajstić information content (AvgIpc) is 2.55. The van der Waals surface area contributed by atoms with Crippen LogP contribution in [-0.2, 0) is 4.74 Å². The van der Waals surface area contributed by atoms with Crippen LogP contribution in [0.15, 0.2) is 29.5 Å². The van der Waals surface area contributed by atoms with E-state index in [0.29, 0.717) is 37.7 Å². The lowest BCUT2D eigenvalue weighted by Gasteiger charge is -2.30. The predicted octanol–water partition coefficient (Wildman–Crippen LogP) is 1.90. The van der Waals surface area contributed by atoms with E-state index in [-0.39, 0.29) is 11.3 Å². The molecule has 0 saturated carbocycles. The van der Waals surface area contributed by atoms with Crippen LogP contribution in [0.4, 0.5) is 15.8 Å². The number of rotatable bonds is 3. The van der Waals surface area contributed by atoms with Gasteiger partial charge in [-0.3, -0.25) is 0 Å². The lowest BCUT2D eigenvalue weighted by molar-refractivity contribution is 0.122. The third-order valence-corrected chi connectivity index (χ3v) is 3.16. The van der Waals surface area contributed by atoms with Gasteiger partial charge >= 0.3 is 0 Å². The summed E-state index contributed by atoms with van der Waals surface area (Å²) in [6.45, 7) is 2.00. The number of morpholine rings is 1. The predicted molar refractivity (Wildman–Crippen MR) is 76.9 cm³/mol. The number of benzene rings is 1. The molecule has 2 rings (SSSR count). The van der Waals surface area contributed by atoms with Gasteiger partial charge in [-0.05, 0) is 12.1 Å². The summed E-state index contributed by atoms with van der Waals surface area (Å²) in [6.07, 6.45) is 0. The maximum absolute atomic E-state index is 14.2. The van der Waals surface area contributed by atoms with Crippen LogP contribution in [0.1, 0.15) is 0 Å². The molecule has 7 heteroatoms. The molecule has 0 atom stereocenters. The molecule has 6 nitrogen and oxygen atoms in total. The number of hydrogen-bond acceptors (Lipinski definition) is 6. The van der Waals surface area contributed by atoms with Crippen LogP contribution in [0.25, 0.3) is 0 Å². The number of para-hydroxylation sites is 1. The lowest BCUT2D eigenvalue weighted by atomic mass is 10.2. The van der Waals surface area contributed by atoms with Crippen molar-refractivity contribution in [2.75, 3.05) is 36.5 Å². The molecule has 1 fully saturated rings. The lowest BCUT2D eigenvalue weighted by Crippen LogP contribution is -2.37. The highest BCUT2D eigenvalue weighted by atomic mass is 19.1. The molecule has 0 amide bonds. The van der Waals surface area contributed by atoms with Gasteiger partial charge in [0, 0.05) is 13.1 Å². The van der Waals surface area contributed by atoms with Gasteiger partial charge in [-0.2, -0.15) is 15.8 Å². The minimum absolute atomic E-state index is 0.204. The van der Waals surface area contributed by atoms with Gasteiger partial charge in [0.1, 0.15) is 29.7 Å². The Labute approximate surface area is 127 Å². The molecule has 1 aromatic carbocycles. The summed E-state index contributed by atoms with van der Waals surface area (Å²) in [6, 6.07) is 9.46. The van der Waals surface area contributed by atoms with Crippen molar-refractivity contribution in [2.45, 2.75) is 0 Å². The van der Waals surface area contributed by atoms with Crippen LogP contribution in [0.5, 0.6) is 0 Å². The zero-order chi connectivity index (χ0) is 15.9.